The summed E-state index contributed by atoms with van der Waals surface area (Å²) >= 11 is 0. The zero-order valence-electron chi connectivity index (χ0n) is 9.12. The van der Waals surface area contributed by atoms with Crippen LogP contribution < -0.4 is 21.7 Å². The molecule has 8 nitrogen and oxygen atoms in total. The molecule has 0 saturated heterocycles. The van der Waals surface area contributed by atoms with E-state index in [1.807, 2.05) is 6.92 Å². The molecule has 0 saturated carbocycles. The maximum Gasteiger partial charge on any atom is 0.315 e. The molecule has 90 valence electrons. The molecule has 0 atom stereocenters. The van der Waals surface area contributed by atoms with Crippen molar-refractivity contribution < 1.29 is 9.21 Å². The summed E-state index contributed by atoms with van der Waals surface area (Å²) in [7, 11) is 0. The molecule has 1 aromatic rings. The quantitative estimate of drug-likeness (QED) is 0.456. The molecule has 0 bridgehead atoms. The summed E-state index contributed by atoms with van der Waals surface area (Å²) in [6.45, 7) is 4.26. The highest BCUT2D eigenvalue weighted by molar-refractivity contribution is 5.71. The van der Waals surface area contributed by atoms with Crippen LogP contribution in [0, 0.1) is 0 Å². The third-order valence-electron chi connectivity index (χ3n) is 1.69. The molecule has 0 aromatic carbocycles. The van der Waals surface area contributed by atoms with Gasteiger partial charge in [-0.25, -0.2) is 4.79 Å². The molecule has 1 heterocycles. The Morgan fingerprint density at radius 3 is 2.94 bits per heavy atom. The molecule has 16 heavy (non-hydrogen) atoms. The number of nitrogens with one attached hydrogen (secondary N) is 3. The van der Waals surface area contributed by atoms with Crippen molar-refractivity contribution in [3.8, 4) is 0 Å². The van der Waals surface area contributed by atoms with Gasteiger partial charge in [-0.15, -0.1) is 5.10 Å². The third-order valence-corrected chi connectivity index (χ3v) is 1.69. The van der Waals surface area contributed by atoms with E-state index in [0.29, 0.717) is 31.5 Å². The van der Waals surface area contributed by atoms with Crippen molar-refractivity contribution in [2.24, 2.45) is 5.73 Å². The Kier molecular flexibility index (Phi) is 5.06. The fraction of sp³-hybridized carbons (Fsp3) is 0.625. The van der Waals surface area contributed by atoms with E-state index in [1.165, 1.54) is 0 Å². The molecule has 1 aromatic heterocycles. The Labute approximate surface area is 93.0 Å². The highest BCUT2D eigenvalue weighted by Gasteiger charge is 2.03. The normalized spacial score (nSPS) is 10.1. The fourth-order valence-corrected chi connectivity index (χ4v) is 0.984. The summed E-state index contributed by atoms with van der Waals surface area (Å²) in [5.74, 6) is 0.521. The number of carbonyl (C=O) groups excluding carboxylic acids is 1. The average molecular weight is 228 g/mol. The minimum Gasteiger partial charge on any atom is -0.407 e. The highest BCUT2D eigenvalue weighted by atomic mass is 16.4. The zero-order chi connectivity index (χ0) is 11.8. The second-order valence-corrected chi connectivity index (χ2v) is 3.00. The van der Waals surface area contributed by atoms with E-state index in [0.717, 1.165) is 6.54 Å². The first-order valence-electron chi connectivity index (χ1n) is 5.02. The van der Waals surface area contributed by atoms with Gasteiger partial charge in [-0.3, -0.25) is 0 Å². The number of rotatable bonds is 7. The second-order valence-electron chi connectivity index (χ2n) is 3.00. The fourth-order valence-electron chi connectivity index (χ4n) is 0.984. The molecule has 8 heteroatoms. The molecule has 0 aliphatic heterocycles. The largest absolute Gasteiger partial charge is 0.407 e. The van der Waals surface area contributed by atoms with E-state index in [2.05, 4.69) is 26.1 Å². The summed E-state index contributed by atoms with van der Waals surface area (Å²) in [4.78, 5) is 10.4. The van der Waals surface area contributed by atoms with E-state index in [4.69, 9.17) is 10.2 Å². The maximum atomic E-state index is 10.4. The smallest absolute Gasteiger partial charge is 0.315 e. The van der Waals surface area contributed by atoms with Crippen LogP contribution in [0.2, 0.25) is 0 Å². The van der Waals surface area contributed by atoms with Gasteiger partial charge in [0.2, 0.25) is 5.89 Å². The van der Waals surface area contributed by atoms with E-state index in [9.17, 15) is 4.79 Å². The maximum absolute atomic E-state index is 10.4. The SMILES string of the molecule is CCNCc1nnc(NCCNC(N)=O)o1. The van der Waals surface area contributed by atoms with Gasteiger partial charge in [-0.05, 0) is 6.54 Å². The number of hydrogen-bond acceptors (Lipinski definition) is 6. The van der Waals surface area contributed by atoms with Crippen molar-refractivity contribution in [1.82, 2.24) is 20.8 Å². The van der Waals surface area contributed by atoms with Crippen LogP contribution >= 0.6 is 0 Å². The van der Waals surface area contributed by atoms with Crippen molar-refractivity contribution in [2.75, 3.05) is 25.0 Å². The van der Waals surface area contributed by atoms with Crippen molar-refractivity contribution in [3.05, 3.63) is 5.89 Å². The lowest BCUT2D eigenvalue weighted by molar-refractivity contribution is 0.249. The molecule has 0 unspecified atom stereocenters. The van der Waals surface area contributed by atoms with Crippen LogP contribution in [-0.4, -0.2) is 35.9 Å². The Hall–Kier alpha value is -1.83. The molecule has 0 fully saturated rings. The van der Waals surface area contributed by atoms with Gasteiger partial charge in [0, 0.05) is 13.1 Å². The molecule has 2 amide bonds. The van der Waals surface area contributed by atoms with Crippen molar-refractivity contribution in [2.45, 2.75) is 13.5 Å². The van der Waals surface area contributed by atoms with E-state index >= 15 is 0 Å². The Morgan fingerprint density at radius 1 is 1.44 bits per heavy atom. The molecule has 0 spiro atoms. The number of nitrogens with zero attached hydrogens (tertiary/aromatic N) is 2. The van der Waals surface area contributed by atoms with Crippen LogP contribution in [0.5, 0.6) is 0 Å². The van der Waals surface area contributed by atoms with E-state index in [1.54, 1.807) is 0 Å². The number of anilines is 1. The standard InChI is InChI=1S/C8H16N6O2/c1-2-10-5-6-13-14-8(16-6)12-4-3-11-7(9)15/h10H,2-5H2,1H3,(H,12,14)(H3,9,11,15). The van der Waals surface area contributed by atoms with Crippen LogP contribution in [0.1, 0.15) is 12.8 Å². The molecule has 0 radical (unpaired) electrons. The van der Waals surface area contributed by atoms with E-state index < -0.39 is 6.03 Å². The number of hydrogen-bond donors (Lipinski definition) is 4. The minimum atomic E-state index is -0.555. The zero-order valence-corrected chi connectivity index (χ0v) is 9.12. The molecular weight excluding hydrogens is 212 g/mol. The van der Waals surface area contributed by atoms with Crippen molar-refractivity contribution in [1.29, 1.82) is 0 Å². The van der Waals surface area contributed by atoms with Gasteiger partial charge in [0.15, 0.2) is 0 Å². The third kappa shape index (κ3) is 4.60. The molecule has 0 aliphatic carbocycles. The van der Waals surface area contributed by atoms with Gasteiger partial charge < -0.3 is 26.1 Å². The number of nitrogens with two attached hydrogens (primary N) is 1. The first kappa shape index (κ1) is 12.2. The van der Waals surface area contributed by atoms with Gasteiger partial charge in [-0.1, -0.05) is 12.0 Å². The van der Waals surface area contributed by atoms with Crippen LogP contribution in [0.25, 0.3) is 0 Å². The number of amides is 2. The Bertz CT molecular complexity index is 326. The van der Waals surface area contributed by atoms with Gasteiger partial charge in [-0.2, -0.15) is 0 Å². The highest BCUT2D eigenvalue weighted by Crippen LogP contribution is 2.03. The van der Waals surface area contributed by atoms with Gasteiger partial charge >= 0.3 is 12.0 Å². The van der Waals surface area contributed by atoms with Crippen LogP contribution in [0.15, 0.2) is 4.42 Å². The lowest BCUT2D eigenvalue weighted by Crippen LogP contribution is -2.33. The second kappa shape index (κ2) is 6.62. The topological polar surface area (TPSA) is 118 Å². The number of carbonyl (C=O) groups is 1. The summed E-state index contributed by atoms with van der Waals surface area (Å²) < 4.78 is 5.25. The molecule has 0 aliphatic rings. The van der Waals surface area contributed by atoms with Crippen molar-refractivity contribution in [3.63, 3.8) is 0 Å². The minimum absolute atomic E-state index is 0.333. The van der Waals surface area contributed by atoms with Crippen LogP contribution in [0.3, 0.4) is 0 Å². The van der Waals surface area contributed by atoms with Crippen LogP contribution in [-0.2, 0) is 6.54 Å². The van der Waals surface area contributed by atoms with Gasteiger partial charge in [0.1, 0.15) is 0 Å². The number of aromatic nitrogens is 2. The first-order chi connectivity index (χ1) is 7.72. The van der Waals surface area contributed by atoms with Gasteiger partial charge in [0.05, 0.1) is 6.54 Å². The molecule has 5 N–H and O–H groups in total. The summed E-state index contributed by atoms with van der Waals surface area (Å²) in [5.41, 5.74) is 4.89. The average Bonchev–Trinajstić information content (AvgIpc) is 2.69. The molecular formula is C8H16N6O2. The van der Waals surface area contributed by atoms with Gasteiger partial charge in [0.25, 0.3) is 0 Å². The first-order valence-corrected chi connectivity index (χ1v) is 5.02. The van der Waals surface area contributed by atoms with E-state index in [-0.39, 0.29) is 0 Å². The monoisotopic (exact) mass is 228 g/mol. The summed E-state index contributed by atoms with van der Waals surface area (Å²) in [6, 6.07) is -0.223. The lowest BCUT2D eigenvalue weighted by Gasteiger charge is -2.01. The molecule has 1 rings (SSSR count). The number of primary amides is 1. The lowest BCUT2D eigenvalue weighted by atomic mass is 10.6. The number of urea groups is 1. The van der Waals surface area contributed by atoms with Crippen LogP contribution in [0.4, 0.5) is 10.8 Å². The predicted octanol–water partition coefficient (Wildman–Crippen LogP) is -0.741. The predicted molar refractivity (Wildman–Crippen MR) is 57.8 cm³/mol. The summed E-state index contributed by atoms with van der Waals surface area (Å²) in [5, 5.41) is 15.9. The summed E-state index contributed by atoms with van der Waals surface area (Å²) in [6.07, 6.45) is 0. The van der Waals surface area contributed by atoms with Crippen molar-refractivity contribution >= 4 is 12.0 Å². The Morgan fingerprint density at radius 2 is 2.25 bits per heavy atom. The Balaban J connectivity index is 2.21.